The number of rotatable bonds is 14. The Labute approximate surface area is 266 Å². The highest BCUT2D eigenvalue weighted by atomic mass is 28.4. The van der Waals surface area contributed by atoms with Crippen molar-refractivity contribution in [1.29, 1.82) is 0 Å². The van der Waals surface area contributed by atoms with E-state index in [9.17, 15) is 0 Å². The lowest BCUT2D eigenvalue weighted by atomic mass is 10.0. The summed E-state index contributed by atoms with van der Waals surface area (Å²) in [6.07, 6.45) is 8.34. The van der Waals surface area contributed by atoms with Gasteiger partial charge in [-0.2, -0.15) is 0 Å². The number of hydrogen-bond donors (Lipinski definition) is 0. The molecule has 4 aromatic carbocycles. The van der Waals surface area contributed by atoms with Gasteiger partial charge in [-0.1, -0.05) is 128 Å². The van der Waals surface area contributed by atoms with Gasteiger partial charge in [0.2, 0.25) is 0 Å². The lowest BCUT2D eigenvalue weighted by Crippen LogP contribution is -2.58. The maximum atomic E-state index is 7.97. The lowest BCUT2D eigenvalue weighted by Gasteiger charge is -2.30. The molecule has 0 unspecified atom stereocenters. The van der Waals surface area contributed by atoms with Crippen molar-refractivity contribution >= 4 is 38.8 Å². The Morgan fingerprint density at radius 1 is 0.349 bits per heavy atom. The second kappa shape index (κ2) is 15.8. The van der Waals surface area contributed by atoms with Gasteiger partial charge >= 0.3 is 0 Å². The van der Waals surface area contributed by atoms with Crippen LogP contribution in [0, 0.1) is 0 Å². The summed E-state index contributed by atoms with van der Waals surface area (Å²) in [5, 5.41) is 5.80. The van der Waals surface area contributed by atoms with Gasteiger partial charge in [-0.05, 0) is 117 Å². The van der Waals surface area contributed by atoms with Crippen molar-refractivity contribution in [2.24, 2.45) is 0 Å². The third-order valence-electron chi connectivity index (χ3n) is 9.21. The van der Waals surface area contributed by atoms with Crippen LogP contribution in [-0.2, 0) is 55.5 Å². The minimum atomic E-state index is -1.58. The van der Waals surface area contributed by atoms with Crippen molar-refractivity contribution in [3.8, 4) is 0 Å². The van der Waals surface area contributed by atoms with E-state index in [0.717, 1.165) is 51.4 Å². The van der Waals surface area contributed by atoms with Crippen molar-refractivity contribution in [2.45, 2.75) is 107 Å². The molecule has 0 saturated heterocycles. The van der Waals surface area contributed by atoms with Crippen molar-refractivity contribution < 1.29 is 4.12 Å². The molecule has 1 nitrogen and oxygen atoms in total. The summed E-state index contributed by atoms with van der Waals surface area (Å²) in [5.74, 6) is 0. The molecule has 4 rings (SSSR count). The summed E-state index contributed by atoms with van der Waals surface area (Å²) in [6.45, 7) is 18.5. The normalized spacial score (nSPS) is 11.6. The minimum absolute atomic E-state index is 1.03. The summed E-state index contributed by atoms with van der Waals surface area (Å²) >= 11 is 0. The molecule has 3 heteroatoms. The van der Waals surface area contributed by atoms with Crippen LogP contribution in [-0.4, -0.2) is 18.1 Å². The van der Waals surface area contributed by atoms with Gasteiger partial charge in [-0.15, -0.1) is 0 Å². The van der Waals surface area contributed by atoms with E-state index in [4.69, 9.17) is 4.12 Å². The minimum Gasteiger partial charge on any atom is -0.442 e. The third kappa shape index (κ3) is 6.85. The quantitative estimate of drug-likeness (QED) is 0.139. The van der Waals surface area contributed by atoms with Crippen LogP contribution in [0.3, 0.4) is 0 Å². The van der Waals surface area contributed by atoms with Crippen molar-refractivity contribution in [2.75, 3.05) is 0 Å². The second-order valence-corrected chi connectivity index (χ2v) is 15.6. The first-order valence-corrected chi connectivity index (χ1v) is 19.7. The molecule has 0 amide bonds. The molecule has 0 spiro atoms. The van der Waals surface area contributed by atoms with Crippen LogP contribution in [0.25, 0.3) is 0 Å². The maximum Gasteiger partial charge on any atom is 0.273 e. The maximum absolute atomic E-state index is 7.97. The van der Waals surface area contributed by atoms with Gasteiger partial charge in [0.05, 0.1) is 0 Å². The molecule has 0 saturated carbocycles. The molecule has 0 aromatic heterocycles. The van der Waals surface area contributed by atoms with Gasteiger partial charge < -0.3 is 4.12 Å². The van der Waals surface area contributed by atoms with Crippen LogP contribution in [0.1, 0.15) is 99.9 Å². The first-order chi connectivity index (χ1) is 21.0. The highest BCUT2D eigenvalue weighted by Gasteiger charge is 2.34. The van der Waals surface area contributed by atoms with E-state index in [1.807, 2.05) is 0 Å². The fourth-order valence-electron chi connectivity index (χ4n) is 7.00. The number of benzene rings is 4. The highest BCUT2D eigenvalue weighted by Crippen LogP contribution is 2.18. The Morgan fingerprint density at radius 3 is 0.767 bits per heavy atom. The largest absolute Gasteiger partial charge is 0.442 e. The van der Waals surface area contributed by atoms with Crippen molar-refractivity contribution in [3.63, 3.8) is 0 Å². The van der Waals surface area contributed by atoms with E-state index in [1.165, 1.54) is 65.3 Å². The van der Waals surface area contributed by atoms with Crippen LogP contribution in [0.2, 0.25) is 0 Å². The summed E-state index contributed by atoms with van der Waals surface area (Å²) in [6, 6.07) is 28.1. The fourth-order valence-corrected chi connectivity index (χ4v) is 13.6. The molecule has 0 aliphatic heterocycles. The summed E-state index contributed by atoms with van der Waals surface area (Å²) in [5.41, 5.74) is 11.9. The summed E-state index contributed by atoms with van der Waals surface area (Å²) < 4.78 is 7.97. The van der Waals surface area contributed by atoms with E-state index >= 15 is 0 Å². The third-order valence-corrected chi connectivity index (χ3v) is 14.7. The molecule has 0 aliphatic carbocycles. The molecule has 0 aliphatic rings. The SMILES string of the molecule is CCc1cccc([Si](O[Si](c2cccc(CC)c2CC)c2cccc(CC)c2CC)c2cccc(CC)c2CC)c1CC. The second-order valence-electron chi connectivity index (χ2n) is 11.4. The molecular weight excluding hydrogens is 553 g/mol. The van der Waals surface area contributed by atoms with E-state index in [0.29, 0.717) is 0 Å². The lowest BCUT2D eigenvalue weighted by molar-refractivity contribution is 0.631. The molecule has 0 bridgehead atoms. The van der Waals surface area contributed by atoms with Crippen LogP contribution >= 0.6 is 0 Å². The number of hydrogen-bond acceptors (Lipinski definition) is 1. The average molecular weight is 605 g/mol. The Kier molecular flexibility index (Phi) is 12.2. The first kappa shape index (κ1) is 33.2. The Balaban J connectivity index is 2.08. The molecule has 2 radical (unpaired) electrons. The predicted octanol–water partition coefficient (Wildman–Crippen LogP) is 7.11. The van der Waals surface area contributed by atoms with Crippen LogP contribution in [0.4, 0.5) is 0 Å². The molecule has 0 heterocycles. The monoisotopic (exact) mass is 604 g/mol. The van der Waals surface area contributed by atoms with E-state index in [1.54, 1.807) is 0 Å². The molecule has 0 fully saturated rings. The predicted molar refractivity (Wildman–Crippen MR) is 192 cm³/mol. The Hall–Kier alpha value is -2.73. The molecule has 0 atom stereocenters. The summed E-state index contributed by atoms with van der Waals surface area (Å²) in [4.78, 5) is 0. The van der Waals surface area contributed by atoms with Crippen LogP contribution < -0.4 is 20.7 Å². The van der Waals surface area contributed by atoms with Gasteiger partial charge in [0.15, 0.2) is 0 Å². The van der Waals surface area contributed by atoms with Crippen LogP contribution in [0.15, 0.2) is 72.8 Å². The number of aryl methyl sites for hydroxylation is 4. The molecule has 43 heavy (non-hydrogen) atoms. The Morgan fingerprint density at radius 2 is 0.581 bits per heavy atom. The van der Waals surface area contributed by atoms with Gasteiger partial charge in [-0.25, -0.2) is 0 Å². The van der Waals surface area contributed by atoms with Gasteiger partial charge in [-0.3, -0.25) is 0 Å². The topological polar surface area (TPSA) is 9.23 Å². The molecular formula is C40H52OSi2. The van der Waals surface area contributed by atoms with E-state index in [2.05, 4.69) is 128 Å². The molecule has 4 aromatic rings. The smallest absolute Gasteiger partial charge is 0.273 e. The first-order valence-electron chi connectivity index (χ1n) is 16.9. The Bertz CT molecular complexity index is 1280. The standard InChI is InChI=1S/C40H52OSi2/c1-9-29-21-17-25-37(33(29)13-5)42(38-26-18-22-30(10-2)34(38)14-6)41-43(39-27-19-23-31(11-3)35(39)15-7)40-28-20-24-32(12-4)36(40)16-8/h17-28H,9-16H2,1-8H3. The van der Waals surface area contributed by atoms with E-state index < -0.39 is 18.1 Å². The zero-order chi connectivity index (χ0) is 30.9. The van der Waals surface area contributed by atoms with Crippen molar-refractivity contribution in [3.05, 3.63) is 117 Å². The molecule has 226 valence electrons. The van der Waals surface area contributed by atoms with Gasteiger partial charge in [0, 0.05) is 0 Å². The van der Waals surface area contributed by atoms with E-state index in [-0.39, 0.29) is 0 Å². The van der Waals surface area contributed by atoms with Crippen LogP contribution in [0.5, 0.6) is 0 Å². The highest BCUT2D eigenvalue weighted by molar-refractivity contribution is 6.92. The summed E-state index contributed by atoms with van der Waals surface area (Å²) in [7, 11) is -3.16. The van der Waals surface area contributed by atoms with Crippen molar-refractivity contribution in [1.82, 2.24) is 0 Å². The zero-order valence-corrected chi connectivity index (χ0v) is 30.0. The van der Waals surface area contributed by atoms with Gasteiger partial charge in [0.1, 0.15) is 0 Å². The molecule has 0 N–H and O–H groups in total. The zero-order valence-electron chi connectivity index (χ0n) is 28.0. The van der Waals surface area contributed by atoms with Gasteiger partial charge in [0.25, 0.3) is 18.1 Å². The fraction of sp³-hybridized carbons (Fsp3) is 0.400. The average Bonchev–Trinajstić information content (AvgIpc) is 3.07.